The summed E-state index contributed by atoms with van der Waals surface area (Å²) in [5.74, 6) is 0.129. The molecule has 3 heterocycles. The maximum atomic E-state index is 12.6. The summed E-state index contributed by atoms with van der Waals surface area (Å²) < 4.78 is 1.82. The number of thiophene rings is 1. The minimum Gasteiger partial charge on any atom is -0.339 e. The molecule has 0 radical (unpaired) electrons. The molecule has 1 saturated heterocycles. The molecule has 0 saturated carbocycles. The Hall–Kier alpha value is -1.89. The van der Waals surface area contributed by atoms with Crippen LogP contribution in [0.15, 0.2) is 6.07 Å². The number of rotatable bonds is 1. The lowest BCUT2D eigenvalue weighted by atomic mass is 10.2. The third kappa shape index (κ3) is 2.42. The lowest BCUT2D eigenvalue weighted by Crippen LogP contribution is -2.49. The molecule has 0 aliphatic carbocycles. The van der Waals surface area contributed by atoms with Gasteiger partial charge in [0.25, 0.3) is 5.91 Å². The first kappa shape index (κ1) is 14.1. The van der Waals surface area contributed by atoms with E-state index in [1.807, 2.05) is 29.6 Å². The van der Waals surface area contributed by atoms with Crippen LogP contribution in [0.2, 0.25) is 0 Å². The van der Waals surface area contributed by atoms with Crippen LogP contribution in [0.3, 0.4) is 0 Å². The average Bonchev–Trinajstić information content (AvgIpc) is 3.01. The molecule has 0 aromatic carbocycles. The van der Waals surface area contributed by atoms with Gasteiger partial charge in [0, 0.05) is 45.5 Å². The summed E-state index contributed by atoms with van der Waals surface area (Å²) in [4.78, 5) is 29.3. The molecular formula is C14H18N4O2S. The van der Waals surface area contributed by atoms with Crippen LogP contribution in [-0.4, -0.2) is 57.6 Å². The summed E-state index contributed by atoms with van der Waals surface area (Å²) in [6.45, 7) is 5.96. The smallest absolute Gasteiger partial charge is 0.264 e. The molecular weight excluding hydrogens is 288 g/mol. The Bertz CT molecular complexity index is 675. The minimum atomic E-state index is 0.0544. The highest BCUT2D eigenvalue weighted by molar-refractivity contribution is 7.20. The highest BCUT2D eigenvalue weighted by Crippen LogP contribution is 2.28. The number of carbonyl (C=O) groups is 2. The predicted molar refractivity (Wildman–Crippen MR) is 81.5 cm³/mol. The van der Waals surface area contributed by atoms with E-state index in [1.165, 1.54) is 11.3 Å². The van der Waals surface area contributed by atoms with Crippen molar-refractivity contribution in [3.63, 3.8) is 0 Å². The molecule has 6 nitrogen and oxygen atoms in total. The quantitative estimate of drug-likeness (QED) is 0.796. The first-order valence-corrected chi connectivity index (χ1v) is 7.77. The zero-order valence-electron chi connectivity index (χ0n) is 12.4. The predicted octanol–water partition coefficient (Wildman–Crippen LogP) is 1.25. The number of aromatic nitrogens is 2. The molecule has 0 N–H and O–H groups in total. The van der Waals surface area contributed by atoms with Crippen molar-refractivity contribution in [3.8, 4) is 0 Å². The molecule has 1 aliphatic rings. The Labute approximate surface area is 126 Å². The number of hydrogen-bond acceptors (Lipinski definition) is 4. The number of carbonyl (C=O) groups excluding carboxylic acids is 2. The van der Waals surface area contributed by atoms with Crippen molar-refractivity contribution in [1.29, 1.82) is 0 Å². The van der Waals surface area contributed by atoms with Crippen molar-refractivity contribution in [1.82, 2.24) is 19.6 Å². The monoisotopic (exact) mass is 306 g/mol. The first-order valence-electron chi connectivity index (χ1n) is 6.95. The van der Waals surface area contributed by atoms with E-state index >= 15 is 0 Å². The summed E-state index contributed by atoms with van der Waals surface area (Å²) >= 11 is 1.48. The minimum absolute atomic E-state index is 0.0544. The van der Waals surface area contributed by atoms with Crippen molar-refractivity contribution in [2.24, 2.45) is 7.05 Å². The average molecular weight is 306 g/mol. The van der Waals surface area contributed by atoms with Crippen LogP contribution in [0.4, 0.5) is 0 Å². The van der Waals surface area contributed by atoms with E-state index in [0.29, 0.717) is 26.2 Å². The summed E-state index contributed by atoms with van der Waals surface area (Å²) in [6.07, 6.45) is 0. The van der Waals surface area contributed by atoms with Crippen molar-refractivity contribution >= 4 is 33.4 Å². The summed E-state index contributed by atoms with van der Waals surface area (Å²) in [7, 11) is 1.89. The normalized spacial score (nSPS) is 15.8. The van der Waals surface area contributed by atoms with Crippen molar-refractivity contribution in [2.45, 2.75) is 13.8 Å². The van der Waals surface area contributed by atoms with Crippen LogP contribution in [0.25, 0.3) is 10.2 Å². The second-order valence-electron chi connectivity index (χ2n) is 5.34. The zero-order chi connectivity index (χ0) is 15.1. The Balaban J connectivity index is 1.78. The number of piperazine rings is 1. The fourth-order valence-electron chi connectivity index (χ4n) is 2.69. The summed E-state index contributed by atoms with van der Waals surface area (Å²) in [5, 5.41) is 5.40. The number of fused-ring (bicyclic) bond motifs is 1. The SMILES string of the molecule is CC(=O)N1CCN(C(=O)c2cc3c(C)nn(C)c3s2)CC1. The van der Waals surface area contributed by atoms with E-state index in [9.17, 15) is 9.59 Å². The fourth-order valence-corrected chi connectivity index (χ4v) is 3.78. The largest absolute Gasteiger partial charge is 0.339 e. The number of nitrogens with zero attached hydrogens (tertiary/aromatic N) is 4. The van der Waals surface area contributed by atoms with Crippen LogP contribution in [0.1, 0.15) is 22.3 Å². The second-order valence-corrected chi connectivity index (χ2v) is 6.37. The lowest BCUT2D eigenvalue weighted by molar-refractivity contribution is -0.130. The number of aryl methyl sites for hydroxylation is 2. The van der Waals surface area contributed by atoms with E-state index in [-0.39, 0.29) is 11.8 Å². The molecule has 0 unspecified atom stereocenters. The van der Waals surface area contributed by atoms with Crippen molar-refractivity contribution in [3.05, 3.63) is 16.6 Å². The highest BCUT2D eigenvalue weighted by atomic mass is 32.1. The Kier molecular flexibility index (Phi) is 3.44. The van der Waals surface area contributed by atoms with Gasteiger partial charge in [0.1, 0.15) is 4.83 Å². The number of hydrogen-bond donors (Lipinski definition) is 0. The fraction of sp³-hybridized carbons (Fsp3) is 0.500. The van der Waals surface area contributed by atoms with Gasteiger partial charge in [-0.25, -0.2) is 0 Å². The van der Waals surface area contributed by atoms with Gasteiger partial charge in [0.15, 0.2) is 0 Å². The molecule has 2 amide bonds. The Morgan fingerprint density at radius 2 is 1.81 bits per heavy atom. The van der Waals surface area contributed by atoms with Crippen molar-refractivity contribution in [2.75, 3.05) is 26.2 Å². The molecule has 2 aromatic heterocycles. The van der Waals surface area contributed by atoms with E-state index < -0.39 is 0 Å². The lowest BCUT2D eigenvalue weighted by Gasteiger charge is -2.33. The molecule has 3 rings (SSSR count). The van der Waals surface area contributed by atoms with Gasteiger partial charge in [0.05, 0.1) is 10.6 Å². The van der Waals surface area contributed by atoms with Gasteiger partial charge in [-0.1, -0.05) is 0 Å². The maximum absolute atomic E-state index is 12.6. The Morgan fingerprint density at radius 1 is 1.19 bits per heavy atom. The van der Waals surface area contributed by atoms with Crippen LogP contribution >= 0.6 is 11.3 Å². The molecule has 0 bridgehead atoms. The third-order valence-corrected chi connectivity index (χ3v) is 5.11. The first-order chi connectivity index (χ1) is 9.97. The molecule has 1 fully saturated rings. The molecule has 1 aliphatic heterocycles. The highest BCUT2D eigenvalue weighted by Gasteiger charge is 2.25. The topological polar surface area (TPSA) is 58.4 Å². The van der Waals surface area contributed by atoms with Gasteiger partial charge in [0.2, 0.25) is 5.91 Å². The molecule has 0 atom stereocenters. The zero-order valence-corrected chi connectivity index (χ0v) is 13.2. The summed E-state index contributed by atoms with van der Waals surface area (Å²) in [5.41, 5.74) is 0.948. The molecule has 7 heteroatoms. The maximum Gasteiger partial charge on any atom is 0.264 e. The van der Waals surface area contributed by atoms with Gasteiger partial charge in [-0.15, -0.1) is 11.3 Å². The number of amides is 2. The molecule has 112 valence electrons. The van der Waals surface area contributed by atoms with Crippen LogP contribution in [-0.2, 0) is 11.8 Å². The van der Waals surface area contributed by atoms with E-state index in [2.05, 4.69) is 5.10 Å². The van der Waals surface area contributed by atoms with Gasteiger partial charge in [-0.2, -0.15) is 5.10 Å². The van der Waals surface area contributed by atoms with Crippen LogP contribution < -0.4 is 0 Å². The van der Waals surface area contributed by atoms with Crippen molar-refractivity contribution < 1.29 is 9.59 Å². The van der Waals surface area contributed by atoms with E-state index in [1.54, 1.807) is 11.8 Å². The standard InChI is InChI=1S/C14H18N4O2S/c1-9-11-8-12(21-14(11)16(3)15-9)13(20)18-6-4-17(5-7-18)10(2)19/h8H,4-7H2,1-3H3. The van der Waals surface area contributed by atoms with Gasteiger partial charge < -0.3 is 9.80 Å². The van der Waals surface area contributed by atoms with Gasteiger partial charge in [-0.3, -0.25) is 14.3 Å². The molecule has 0 spiro atoms. The van der Waals surface area contributed by atoms with Crippen LogP contribution in [0.5, 0.6) is 0 Å². The molecule has 21 heavy (non-hydrogen) atoms. The van der Waals surface area contributed by atoms with Gasteiger partial charge >= 0.3 is 0 Å². The second kappa shape index (κ2) is 5.14. The molecule has 2 aromatic rings. The van der Waals surface area contributed by atoms with Crippen LogP contribution in [0, 0.1) is 6.92 Å². The third-order valence-electron chi connectivity index (χ3n) is 3.92. The Morgan fingerprint density at radius 3 is 2.38 bits per heavy atom. The summed E-state index contributed by atoms with van der Waals surface area (Å²) in [6, 6.07) is 1.93. The van der Waals surface area contributed by atoms with E-state index in [4.69, 9.17) is 0 Å². The van der Waals surface area contributed by atoms with Gasteiger partial charge in [-0.05, 0) is 13.0 Å². The van der Waals surface area contributed by atoms with E-state index in [0.717, 1.165) is 20.8 Å².